The first kappa shape index (κ1) is 19.4. The summed E-state index contributed by atoms with van der Waals surface area (Å²) in [5.74, 6) is 0.713. The maximum Gasteiger partial charge on any atom is 0.332 e. The molecule has 7 nitrogen and oxygen atoms in total. The lowest BCUT2D eigenvalue weighted by atomic mass is 10.1. The summed E-state index contributed by atoms with van der Waals surface area (Å²) in [6.45, 7) is 5.82. The molecule has 2 aromatic heterocycles. The van der Waals surface area contributed by atoms with Gasteiger partial charge in [-0.2, -0.15) is 4.98 Å². The Hall–Kier alpha value is -3.61. The summed E-state index contributed by atoms with van der Waals surface area (Å²) < 4.78 is 4.77. The first-order valence-electron chi connectivity index (χ1n) is 10.5. The van der Waals surface area contributed by atoms with Crippen molar-refractivity contribution >= 4 is 22.8 Å². The fourth-order valence-electron chi connectivity index (χ4n) is 4.37. The molecule has 3 heterocycles. The van der Waals surface area contributed by atoms with E-state index in [0.29, 0.717) is 23.7 Å². The highest BCUT2D eigenvalue weighted by Gasteiger charge is 2.27. The molecule has 0 saturated heterocycles. The topological polar surface area (TPSA) is 65.1 Å². The Labute approximate surface area is 179 Å². The van der Waals surface area contributed by atoms with Crippen molar-refractivity contribution < 1.29 is 0 Å². The molecule has 0 saturated carbocycles. The van der Waals surface area contributed by atoms with Gasteiger partial charge in [-0.1, -0.05) is 47.5 Å². The summed E-state index contributed by atoms with van der Waals surface area (Å²) in [7, 11) is 1.69. The highest BCUT2D eigenvalue weighted by molar-refractivity contribution is 5.77. The summed E-state index contributed by atoms with van der Waals surface area (Å²) in [5.41, 5.74) is 4.53. The molecule has 1 aliphatic rings. The number of fused-ring (bicyclic) bond motifs is 3. The number of hydrogen-bond donors (Lipinski definition) is 0. The van der Waals surface area contributed by atoms with E-state index in [2.05, 4.69) is 36.1 Å². The van der Waals surface area contributed by atoms with Crippen LogP contribution in [0, 0.1) is 13.8 Å². The third kappa shape index (κ3) is 3.17. The maximum atomic E-state index is 13.5. The van der Waals surface area contributed by atoms with Gasteiger partial charge in [0.25, 0.3) is 5.56 Å². The summed E-state index contributed by atoms with van der Waals surface area (Å²) in [6, 6.07) is 16.2. The van der Waals surface area contributed by atoms with E-state index in [0.717, 1.165) is 29.8 Å². The fourth-order valence-corrected chi connectivity index (χ4v) is 4.37. The quantitative estimate of drug-likeness (QED) is 0.516. The van der Waals surface area contributed by atoms with Crippen LogP contribution in [0.5, 0.6) is 0 Å². The molecule has 4 aromatic rings. The van der Waals surface area contributed by atoms with Crippen LogP contribution in [-0.2, 0) is 20.1 Å². The molecule has 0 radical (unpaired) electrons. The third-order valence-corrected chi connectivity index (χ3v) is 5.99. The average Bonchev–Trinajstić information content (AvgIpc) is 3.16. The highest BCUT2D eigenvalue weighted by Crippen LogP contribution is 2.31. The van der Waals surface area contributed by atoms with Crippen LogP contribution in [0.1, 0.15) is 23.1 Å². The van der Waals surface area contributed by atoms with Crippen LogP contribution >= 0.6 is 0 Å². The van der Waals surface area contributed by atoms with Gasteiger partial charge >= 0.3 is 5.69 Å². The molecule has 0 aliphatic carbocycles. The molecule has 0 unspecified atom stereocenters. The van der Waals surface area contributed by atoms with Crippen molar-refractivity contribution in [3.05, 3.63) is 86.1 Å². The van der Waals surface area contributed by atoms with Gasteiger partial charge in [-0.15, -0.1) is 0 Å². The first-order valence-corrected chi connectivity index (χ1v) is 10.5. The van der Waals surface area contributed by atoms with Crippen LogP contribution in [0.4, 0.5) is 11.6 Å². The molecule has 7 heteroatoms. The van der Waals surface area contributed by atoms with E-state index in [9.17, 15) is 9.59 Å². The molecule has 0 spiro atoms. The van der Waals surface area contributed by atoms with Crippen molar-refractivity contribution in [2.75, 3.05) is 11.4 Å². The number of imidazole rings is 1. The second-order valence-corrected chi connectivity index (χ2v) is 8.30. The molecule has 2 aromatic carbocycles. The summed E-state index contributed by atoms with van der Waals surface area (Å²) in [4.78, 5) is 33.4. The van der Waals surface area contributed by atoms with E-state index in [4.69, 9.17) is 4.98 Å². The normalized spacial score (nSPS) is 13.6. The Morgan fingerprint density at radius 3 is 2.48 bits per heavy atom. The zero-order valence-electron chi connectivity index (χ0n) is 18.0. The van der Waals surface area contributed by atoms with E-state index >= 15 is 0 Å². The molecule has 5 rings (SSSR count). The zero-order valence-corrected chi connectivity index (χ0v) is 18.0. The van der Waals surface area contributed by atoms with Gasteiger partial charge in [-0.25, -0.2) is 4.79 Å². The van der Waals surface area contributed by atoms with E-state index in [1.165, 1.54) is 14.7 Å². The Morgan fingerprint density at radius 1 is 0.968 bits per heavy atom. The fraction of sp³-hybridized carbons (Fsp3) is 0.292. The number of benzene rings is 2. The number of anilines is 2. The zero-order chi connectivity index (χ0) is 21.7. The lowest BCUT2D eigenvalue weighted by molar-refractivity contribution is 0.597. The standard InChI is InChI=1S/C24H25N5O2/c1-16-8-10-19(11-9-16)27-12-5-13-28-20-21(25-23(27)28)26(3)24(31)29(22(20)30)15-18-7-4-6-17(2)14-18/h4,6-11,14H,5,12-13,15H2,1-3H3. The van der Waals surface area contributed by atoms with Gasteiger partial charge in [0.1, 0.15) is 0 Å². The van der Waals surface area contributed by atoms with Crippen LogP contribution in [0.25, 0.3) is 11.2 Å². The van der Waals surface area contributed by atoms with Crippen LogP contribution in [0.15, 0.2) is 58.1 Å². The summed E-state index contributed by atoms with van der Waals surface area (Å²) >= 11 is 0. The second kappa shape index (κ2) is 7.27. The molecular weight excluding hydrogens is 390 g/mol. The predicted molar refractivity (Wildman–Crippen MR) is 122 cm³/mol. The lowest BCUT2D eigenvalue weighted by Gasteiger charge is -2.29. The second-order valence-electron chi connectivity index (χ2n) is 8.30. The van der Waals surface area contributed by atoms with E-state index < -0.39 is 0 Å². The molecule has 0 bridgehead atoms. The van der Waals surface area contributed by atoms with Gasteiger partial charge in [-0.05, 0) is 38.0 Å². The monoisotopic (exact) mass is 415 g/mol. The minimum atomic E-state index is -0.351. The molecule has 0 atom stereocenters. The van der Waals surface area contributed by atoms with Crippen LogP contribution in [-0.4, -0.2) is 25.2 Å². The first-order chi connectivity index (χ1) is 14.9. The summed E-state index contributed by atoms with van der Waals surface area (Å²) in [6.07, 6.45) is 0.895. The molecular formula is C24H25N5O2. The Bertz CT molecular complexity index is 1410. The van der Waals surface area contributed by atoms with Gasteiger partial charge in [0, 0.05) is 25.8 Å². The lowest BCUT2D eigenvalue weighted by Crippen LogP contribution is -2.40. The van der Waals surface area contributed by atoms with Crippen molar-refractivity contribution in [3.8, 4) is 0 Å². The van der Waals surface area contributed by atoms with E-state index in [1.54, 1.807) is 7.05 Å². The Kier molecular flexibility index (Phi) is 4.54. The van der Waals surface area contributed by atoms with E-state index in [1.807, 2.05) is 35.8 Å². The SMILES string of the molecule is Cc1ccc(N2CCCn3c2nc2c3c(=O)n(Cc3cccc(C)c3)c(=O)n2C)cc1. The number of aryl methyl sites for hydroxylation is 4. The van der Waals surface area contributed by atoms with Crippen LogP contribution < -0.4 is 16.1 Å². The van der Waals surface area contributed by atoms with Gasteiger partial charge in [0.15, 0.2) is 11.2 Å². The number of aromatic nitrogens is 4. The Balaban J connectivity index is 1.69. The highest BCUT2D eigenvalue weighted by atomic mass is 16.2. The molecule has 0 N–H and O–H groups in total. The molecule has 1 aliphatic heterocycles. The minimum Gasteiger partial charge on any atom is -0.312 e. The van der Waals surface area contributed by atoms with E-state index in [-0.39, 0.29) is 17.8 Å². The van der Waals surface area contributed by atoms with Crippen LogP contribution in [0.2, 0.25) is 0 Å². The van der Waals surface area contributed by atoms with Crippen molar-refractivity contribution in [2.45, 2.75) is 33.4 Å². The van der Waals surface area contributed by atoms with Crippen molar-refractivity contribution in [2.24, 2.45) is 7.05 Å². The number of hydrogen-bond acceptors (Lipinski definition) is 4. The van der Waals surface area contributed by atoms with Crippen molar-refractivity contribution in [3.63, 3.8) is 0 Å². The van der Waals surface area contributed by atoms with Crippen molar-refractivity contribution in [1.29, 1.82) is 0 Å². The maximum absolute atomic E-state index is 13.5. The van der Waals surface area contributed by atoms with Gasteiger partial charge in [0.05, 0.1) is 6.54 Å². The number of nitrogens with zero attached hydrogens (tertiary/aromatic N) is 5. The molecule has 0 amide bonds. The van der Waals surface area contributed by atoms with Gasteiger partial charge in [0.2, 0.25) is 5.95 Å². The van der Waals surface area contributed by atoms with Gasteiger partial charge in [-0.3, -0.25) is 13.9 Å². The van der Waals surface area contributed by atoms with Gasteiger partial charge < -0.3 is 9.47 Å². The molecule has 158 valence electrons. The predicted octanol–water partition coefficient (Wildman–Crippen LogP) is 3.10. The Morgan fingerprint density at radius 2 is 1.74 bits per heavy atom. The average molecular weight is 415 g/mol. The molecule has 0 fully saturated rings. The van der Waals surface area contributed by atoms with Crippen LogP contribution in [0.3, 0.4) is 0 Å². The third-order valence-electron chi connectivity index (χ3n) is 5.99. The number of rotatable bonds is 3. The largest absolute Gasteiger partial charge is 0.332 e. The minimum absolute atomic E-state index is 0.241. The summed E-state index contributed by atoms with van der Waals surface area (Å²) in [5, 5.41) is 0. The molecule has 31 heavy (non-hydrogen) atoms. The smallest absolute Gasteiger partial charge is 0.312 e. The van der Waals surface area contributed by atoms with Crippen molar-refractivity contribution in [1.82, 2.24) is 18.7 Å².